The summed E-state index contributed by atoms with van der Waals surface area (Å²) >= 11 is 5.04. The smallest absolute Gasteiger partial charge is 0.353 e. The van der Waals surface area contributed by atoms with Crippen LogP contribution in [0.15, 0.2) is 22.0 Å². The number of carbonyl (C=O) groups excluding carboxylic acids is 1. The van der Waals surface area contributed by atoms with Gasteiger partial charge in [0, 0.05) is 17.4 Å². The molecule has 0 spiro atoms. The van der Waals surface area contributed by atoms with Gasteiger partial charge < -0.3 is 10.4 Å². The van der Waals surface area contributed by atoms with E-state index >= 15 is 0 Å². The Hall–Kier alpha value is -1.67. The lowest BCUT2D eigenvalue weighted by Gasteiger charge is -2.00. The van der Waals surface area contributed by atoms with Crippen molar-refractivity contribution < 1.29 is 14.7 Å². The van der Waals surface area contributed by atoms with Crippen LogP contribution in [0, 0.1) is 0 Å². The van der Waals surface area contributed by atoms with Crippen molar-refractivity contribution in [3.63, 3.8) is 0 Å². The molecule has 0 unspecified atom stereocenters. The monoisotopic (exact) mass is 357 g/mol. The molecule has 2 rings (SSSR count). The van der Waals surface area contributed by atoms with Gasteiger partial charge in [0.25, 0.3) is 0 Å². The van der Waals surface area contributed by atoms with Crippen molar-refractivity contribution in [2.75, 3.05) is 5.32 Å². The summed E-state index contributed by atoms with van der Waals surface area (Å²) in [6.45, 7) is 0. The fourth-order valence-electron chi connectivity index (χ4n) is 1.61. The van der Waals surface area contributed by atoms with Crippen LogP contribution in [0.3, 0.4) is 0 Å². The van der Waals surface area contributed by atoms with E-state index in [1.54, 1.807) is 11.3 Å². The second-order valence-electron chi connectivity index (χ2n) is 4.08. The molecule has 0 saturated heterocycles. The normalized spacial score (nSPS) is 10.4. The number of aromatic nitrogens is 2. The Kier molecular flexibility index (Phi) is 4.91. The molecule has 2 heterocycles. The van der Waals surface area contributed by atoms with Gasteiger partial charge in [-0.25, -0.2) is 4.79 Å². The fraction of sp³-hybridized carbons (Fsp3) is 0.250. The van der Waals surface area contributed by atoms with Crippen LogP contribution in [0.1, 0.15) is 28.2 Å². The largest absolute Gasteiger partial charge is 0.477 e. The van der Waals surface area contributed by atoms with Gasteiger partial charge in [0.2, 0.25) is 5.91 Å². The van der Waals surface area contributed by atoms with Crippen molar-refractivity contribution in [1.82, 2.24) is 10.2 Å². The molecule has 0 aliphatic heterocycles. The van der Waals surface area contributed by atoms with E-state index < -0.39 is 5.97 Å². The quantitative estimate of drug-likeness (QED) is 0.740. The fourth-order valence-corrected chi connectivity index (χ4v) is 3.13. The van der Waals surface area contributed by atoms with Gasteiger partial charge in [-0.3, -0.25) is 9.89 Å². The van der Waals surface area contributed by atoms with Gasteiger partial charge >= 0.3 is 5.97 Å². The molecule has 0 fully saturated rings. The van der Waals surface area contributed by atoms with Crippen molar-refractivity contribution in [1.29, 1.82) is 0 Å². The van der Waals surface area contributed by atoms with E-state index in [0.29, 0.717) is 6.42 Å². The number of thiophene rings is 1. The van der Waals surface area contributed by atoms with Gasteiger partial charge in [0.05, 0.1) is 3.79 Å². The Morgan fingerprint density at radius 2 is 2.25 bits per heavy atom. The number of halogens is 1. The predicted molar refractivity (Wildman–Crippen MR) is 79.1 cm³/mol. The summed E-state index contributed by atoms with van der Waals surface area (Å²) in [6.07, 6.45) is 1.93. The summed E-state index contributed by atoms with van der Waals surface area (Å²) in [6, 6.07) is 5.30. The zero-order valence-electron chi connectivity index (χ0n) is 10.4. The van der Waals surface area contributed by atoms with Crippen molar-refractivity contribution in [3.05, 3.63) is 32.6 Å². The minimum Gasteiger partial charge on any atom is -0.477 e. The SMILES string of the molecule is O=C(CCCc1ccc(Br)s1)Nc1cc(C(=O)O)[nH]n1. The molecule has 0 radical (unpaired) electrons. The number of carboxylic acids is 1. The molecule has 8 heteroatoms. The number of carboxylic acid groups (broad SMARTS) is 1. The number of nitrogens with one attached hydrogen (secondary N) is 2. The maximum Gasteiger partial charge on any atom is 0.353 e. The Morgan fingerprint density at radius 3 is 2.85 bits per heavy atom. The molecule has 1 amide bonds. The summed E-state index contributed by atoms with van der Waals surface area (Å²) in [5, 5.41) is 17.3. The Bertz CT molecular complexity index is 623. The standard InChI is InChI=1S/C12H12BrN3O3S/c13-9-5-4-7(20-9)2-1-3-11(17)14-10-6-8(12(18)19)15-16-10/h4-6H,1-3H2,(H,18,19)(H2,14,15,16,17). The van der Waals surface area contributed by atoms with E-state index in [2.05, 4.69) is 31.4 Å². The van der Waals surface area contributed by atoms with E-state index in [-0.39, 0.29) is 17.4 Å². The number of hydrogen-bond acceptors (Lipinski definition) is 4. The van der Waals surface area contributed by atoms with Gasteiger partial charge in [-0.05, 0) is 40.9 Å². The molecule has 0 atom stereocenters. The van der Waals surface area contributed by atoms with Crippen LogP contribution in [-0.4, -0.2) is 27.2 Å². The number of hydrogen-bond donors (Lipinski definition) is 3. The first-order valence-electron chi connectivity index (χ1n) is 5.87. The third-order valence-corrected chi connectivity index (χ3v) is 4.22. The minimum absolute atomic E-state index is 0.0521. The molecule has 3 N–H and O–H groups in total. The number of nitrogens with zero attached hydrogens (tertiary/aromatic N) is 1. The summed E-state index contributed by atoms with van der Waals surface area (Å²) in [4.78, 5) is 23.5. The van der Waals surface area contributed by atoms with Crippen LogP contribution in [0.25, 0.3) is 0 Å². The average Bonchev–Trinajstić information content (AvgIpc) is 2.99. The molecule has 2 aromatic heterocycles. The lowest BCUT2D eigenvalue weighted by Crippen LogP contribution is -2.11. The minimum atomic E-state index is -1.11. The van der Waals surface area contributed by atoms with Gasteiger partial charge in [0.1, 0.15) is 5.69 Å². The van der Waals surface area contributed by atoms with Gasteiger partial charge in [-0.2, -0.15) is 5.10 Å². The molecular weight excluding hydrogens is 346 g/mol. The number of H-pyrrole nitrogens is 1. The molecule has 2 aromatic rings. The summed E-state index contributed by atoms with van der Waals surface area (Å²) in [5.41, 5.74) is -0.0521. The summed E-state index contributed by atoms with van der Waals surface area (Å²) < 4.78 is 1.08. The number of aryl methyl sites for hydroxylation is 1. The van der Waals surface area contributed by atoms with Crippen molar-refractivity contribution >= 4 is 45.0 Å². The third kappa shape index (κ3) is 4.17. The van der Waals surface area contributed by atoms with Crippen LogP contribution < -0.4 is 5.32 Å². The highest BCUT2D eigenvalue weighted by Gasteiger charge is 2.10. The topological polar surface area (TPSA) is 95.1 Å². The predicted octanol–water partition coefficient (Wildman–Crippen LogP) is 2.89. The molecular formula is C12H12BrN3O3S. The maximum atomic E-state index is 11.7. The van der Waals surface area contributed by atoms with E-state index in [4.69, 9.17) is 5.11 Å². The van der Waals surface area contributed by atoms with Gasteiger partial charge in [-0.15, -0.1) is 11.3 Å². The highest BCUT2D eigenvalue weighted by molar-refractivity contribution is 9.11. The molecule has 0 saturated carbocycles. The van der Waals surface area contributed by atoms with E-state index in [0.717, 1.165) is 16.6 Å². The molecule has 0 bridgehead atoms. The van der Waals surface area contributed by atoms with Crippen LogP contribution in [0.2, 0.25) is 0 Å². The number of aromatic carboxylic acids is 1. The zero-order valence-corrected chi connectivity index (χ0v) is 12.8. The molecule has 6 nitrogen and oxygen atoms in total. The average molecular weight is 358 g/mol. The second kappa shape index (κ2) is 6.67. The molecule has 0 aromatic carbocycles. The summed E-state index contributed by atoms with van der Waals surface area (Å²) in [5.74, 6) is -1.06. The Morgan fingerprint density at radius 1 is 1.45 bits per heavy atom. The maximum absolute atomic E-state index is 11.7. The number of anilines is 1. The first-order chi connectivity index (χ1) is 9.54. The van der Waals surface area contributed by atoms with Crippen LogP contribution >= 0.6 is 27.3 Å². The first-order valence-corrected chi connectivity index (χ1v) is 7.48. The zero-order chi connectivity index (χ0) is 14.5. The van der Waals surface area contributed by atoms with E-state index in [1.807, 2.05) is 12.1 Å². The number of rotatable bonds is 6. The highest BCUT2D eigenvalue weighted by atomic mass is 79.9. The number of amides is 1. The molecule has 0 aliphatic rings. The summed E-state index contributed by atoms with van der Waals surface area (Å²) in [7, 11) is 0. The van der Waals surface area contributed by atoms with Gasteiger partial charge in [0.15, 0.2) is 5.82 Å². The second-order valence-corrected chi connectivity index (χ2v) is 6.63. The van der Waals surface area contributed by atoms with Crippen LogP contribution in [-0.2, 0) is 11.2 Å². The first kappa shape index (κ1) is 14.7. The number of aromatic amines is 1. The molecule has 0 aliphatic carbocycles. The molecule has 20 heavy (non-hydrogen) atoms. The molecule has 106 valence electrons. The Balaban J connectivity index is 1.76. The van der Waals surface area contributed by atoms with E-state index in [1.165, 1.54) is 10.9 Å². The third-order valence-electron chi connectivity index (χ3n) is 2.53. The van der Waals surface area contributed by atoms with Crippen molar-refractivity contribution in [2.24, 2.45) is 0 Å². The van der Waals surface area contributed by atoms with Crippen molar-refractivity contribution in [2.45, 2.75) is 19.3 Å². The highest BCUT2D eigenvalue weighted by Crippen LogP contribution is 2.23. The lowest BCUT2D eigenvalue weighted by atomic mass is 10.2. The van der Waals surface area contributed by atoms with Crippen LogP contribution in [0.5, 0.6) is 0 Å². The number of carbonyl (C=O) groups is 2. The van der Waals surface area contributed by atoms with Crippen molar-refractivity contribution in [3.8, 4) is 0 Å². The van der Waals surface area contributed by atoms with E-state index in [9.17, 15) is 9.59 Å². The Labute approximate surface area is 127 Å². The van der Waals surface area contributed by atoms with Crippen LogP contribution in [0.4, 0.5) is 5.82 Å². The lowest BCUT2D eigenvalue weighted by molar-refractivity contribution is -0.116. The van der Waals surface area contributed by atoms with Gasteiger partial charge in [-0.1, -0.05) is 0 Å².